The summed E-state index contributed by atoms with van der Waals surface area (Å²) in [5.74, 6) is -1.84. The van der Waals surface area contributed by atoms with Gasteiger partial charge in [0.05, 0.1) is 17.8 Å². The van der Waals surface area contributed by atoms with E-state index < -0.39 is 30.0 Å². The van der Waals surface area contributed by atoms with Gasteiger partial charge in [-0.1, -0.05) is 12.1 Å². The molecule has 3 nitrogen and oxygen atoms in total. The molecule has 2 rings (SSSR count). The molecule has 0 aromatic heterocycles. The van der Waals surface area contributed by atoms with Gasteiger partial charge in [-0.2, -0.15) is 0 Å². The summed E-state index contributed by atoms with van der Waals surface area (Å²) in [6.45, 7) is 7.31. The van der Waals surface area contributed by atoms with Gasteiger partial charge in [0, 0.05) is 0 Å². The largest absolute Gasteiger partial charge is 0.492 e. The van der Waals surface area contributed by atoms with Crippen molar-refractivity contribution >= 4 is 13.2 Å². The van der Waals surface area contributed by atoms with E-state index in [0.717, 1.165) is 12.1 Å². The topological polar surface area (TPSA) is 38.7 Å². The predicted octanol–water partition coefficient (Wildman–Crippen LogP) is 2.97. The van der Waals surface area contributed by atoms with E-state index in [2.05, 4.69) is 0 Å². The maximum atomic E-state index is 13.2. The first-order chi connectivity index (χ1) is 9.66. The van der Waals surface area contributed by atoms with E-state index in [-0.39, 0.29) is 6.61 Å². The van der Waals surface area contributed by atoms with Crippen molar-refractivity contribution in [1.29, 1.82) is 0 Å². The number of hydrogen-bond donors (Lipinski definition) is 1. The van der Waals surface area contributed by atoms with Gasteiger partial charge in [0.25, 0.3) is 0 Å². The normalized spacial score (nSPS) is 20.9. The molecule has 21 heavy (non-hydrogen) atoms. The quantitative estimate of drug-likeness (QED) is 0.872. The Morgan fingerprint density at radius 3 is 2.19 bits per heavy atom. The Balaban J connectivity index is 2.28. The van der Waals surface area contributed by atoms with Gasteiger partial charge in [0.1, 0.15) is 0 Å². The molecule has 6 heteroatoms. The first-order valence-corrected chi connectivity index (χ1v) is 6.78. The van der Waals surface area contributed by atoms with Crippen molar-refractivity contribution < 1.29 is 23.2 Å². The molecule has 0 bridgehead atoms. The third-order valence-electron chi connectivity index (χ3n) is 4.03. The fraction of sp³-hybridized carbons (Fsp3) is 0.467. The van der Waals surface area contributed by atoms with E-state index in [1.165, 1.54) is 6.07 Å². The van der Waals surface area contributed by atoms with Crippen molar-refractivity contribution in [2.24, 2.45) is 0 Å². The summed E-state index contributed by atoms with van der Waals surface area (Å²) in [4.78, 5) is 0. The molecule has 0 aliphatic carbocycles. The van der Waals surface area contributed by atoms with Gasteiger partial charge in [-0.05, 0) is 50.9 Å². The highest BCUT2D eigenvalue weighted by Crippen LogP contribution is 2.38. The number of halogens is 2. The molecular weight excluding hydrogens is 277 g/mol. The van der Waals surface area contributed by atoms with E-state index in [1.807, 2.05) is 27.7 Å². The minimum Gasteiger partial charge on any atom is -0.400 e. The highest BCUT2D eigenvalue weighted by molar-refractivity contribution is 6.55. The van der Waals surface area contributed by atoms with Crippen molar-refractivity contribution in [3.05, 3.63) is 40.9 Å². The van der Waals surface area contributed by atoms with Crippen LogP contribution in [0.3, 0.4) is 0 Å². The van der Waals surface area contributed by atoms with Crippen molar-refractivity contribution in [3.63, 3.8) is 0 Å². The molecule has 1 heterocycles. The van der Waals surface area contributed by atoms with Crippen LogP contribution in [0.25, 0.3) is 6.08 Å². The molecule has 0 spiro atoms. The molecule has 1 aliphatic heterocycles. The van der Waals surface area contributed by atoms with Crippen LogP contribution in [-0.4, -0.2) is 30.0 Å². The monoisotopic (exact) mass is 296 g/mol. The summed E-state index contributed by atoms with van der Waals surface area (Å²) in [6.07, 6.45) is 1.55. The van der Waals surface area contributed by atoms with Crippen LogP contribution in [0.15, 0.2) is 23.7 Å². The third-order valence-corrected chi connectivity index (χ3v) is 4.03. The van der Waals surface area contributed by atoms with E-state index in [1.54, 1.807) is 6.08 Å². The molecule has 0 atom stereocenters. The lowest BCUT2D eigenvalue weighted by Gasteiger charge is -2.32. The van der Waals surface area contributed by atoms with E-state index in [9.17, 15) is 13.9 Å². The maximum Gasteiger partial charge on any atom is 0.492 e. The zero-order valence-corrected chi connectivity index (χ0v) is 12.6. The van der Waals surface area contributed by atoms with Gasteiger partial charge in [-0.3, -0.25) is 0 Å². The number of hydrogen-bond acceptors (Lipinski definition) is 3. The fourth-order valence-corrected chi connectivity index (χ4v) is 2.00. The summed E-state index contributed by atoms with van der Waals surface area (Å²) in [5.41, 5.74) is -0.160. The van der Waals surface area contributed by atoms with Crippen molar-refractivity contribution in [2.75, 3.05) is 6.61 Å². The Morgan fingerprint density at radius 1 is 1.14 bits per heavy atom. The summed E-state index contributed by atoms with van der Waals surface area (Å²) in [7, 11) is -0.715. The summed E-state index contributed by atoms with van der Waals surface area (Å²) in [6, 6.07) is 3.54. The Labute approximate surface area is 123 Å². The van der Waals surface area contributed by atoms with Crippen LogP contribution in [0.4, 0.5) is 8.78 Å². The van der Waals surface area contributed by atoms with Crippen LogP contribution >= 0.6 is 0 Å². The Hall–Kier alpha value is -1.24. The maximum absolute atomic E-state index is 13.2. The standard InChI is InChI=1S/C15H19BF2O3/c1-14(2)15(3,4)21-16(20-14)11(9-19)7-10-5-6-12(17)13(18)8-10/h5-8,19H,9H2,1-4H3. The fourth-order valence-electron chi connectivity index (χ4n) is 2.00. The second kappa shape index (κ2) is 5.52. The molecule has 114 valence electrons. The number of rotatable bonds is 3. The minimum atomic E-state index is -0.935. The zero-order valence-electron chi connectivity index (χ0n) is 12.6. The highest BCUT2D eigenvalue weighted by atomic mass is 19.2. The summed E-state index contributed by atoms with van der Waals surface area (Å²) >= 11 is 0. The molecule has 1 aliphatic rings. The van der Waals surface area contributed by atoms with Crippen molar-refractivity contribution in [3.8, 4) is 0 Å². The van der Waals surface area contributed by atoms with Gasteiger partial charge >= 0.3 is 7.12 Å². The van der Waals surface area contributed by atoms with Crippen LogP contribution in [0.5, 0.6) is 0 Å². The molecule has 0 saturated carbocycles. The number of aliphatic hydroxyl groups excluding tert-OH is 1. The molecule has 0 amide bonds. The van der Waals surface area contributed by atoms with Gasteiger partial charge in [-0.25, -0.2) is 8.78 Å². The Bertz CT molecular complexity index is 554. The molecule has 1 aromatic carbocycles. The van der Waals surface area contributed by atoms with Crippen LogP contribution in [0.1, 0.15) is 33.3 Å². The van der Waals surface area contributed by atoms with Gasteiger partial charge < -0.3 is 14.4 Å². The molecule has 1 saturated heterocycles. The van der Waals surface area contributed by atoms with Crippen LogP contribution in [-0.2, 0) is 9.31 Å². The van der Waals surface area contributed by atoms with E-state index in [0.29, 0.717) is 11.0 Å². The second-order valence-electron chi connectivity index (χ2n) is 6.14. The smallest absolute Gasteiger partial charge is 0.400 e. The van der Waals surface area contributed by atoms with Crippen LogP contribution in [0, 0.1) is 11.6 Å². The molecule has 1 fully saturated rings. The molecule has 1 aromatic rings. The number of benzene rings is 1. The van der Waals surface area contributed by atoms with Gasteiger partial charge in [0.15, 0.2) is 11.6 Å². The number of aliphatic hydroxyl groups is 1. The molecule has 0 unspecified atom stereocenters. The van der Waals surface area contributed by atoms with Crippen LogP contribution in [0.2, 0.25) is 0 Å². The third kappa shape index (κ3) is 3.17. The molecule has 1 N–H and O–H groups in total. The molecule has 0 radical (unpaired) electrons. The predicted molar refractivity (Wildman–Crippen MR) is 77.5 cm³/mol. The van der Waals surface area contributed by atoms with E-state index >= 15 is 0 Å². The van der Waals surface area contributed by atoms with Gasteiger partial charge in [0.2, 0.25) is 0 Å². The molecular formula is C15H19BF2O3. The first-order valence-electron chi connectivity index (χ1n) is 6.78. The van der Waals surface area contributed by atoms with Crippen molar-refractivity contribution in [1.82, 2.24) is 0 Å². The lowest BCUT2D eigenvalue weighted by Crippen LogP contribution is -2.41. The summed E-state index contributed by atoms with van der Waals surface area (Å²) in [5, 5.41) is 9.52. The van der Waals surface area contributed by atoms with Gasteiger partial charge in [-0.15, -0.1) is 0 Å². The summed E-state index contributed by atoms with van der Waals surface area (Å²) < 4.78 is 37.8. The Morgan fingerprint density at radius 2 is 1.71 bits per heavy atom. The SMILES string of the molecule is CC1(C)OB(C(=Cc2ccc(F)c(F)c2)CO)OC1(C)C. The first kappa shape index (κ1) is 16.1. The van der Waals surface area contributed by atoms with Crippen molar-refractivity contribution in [2.45, 2.75) is 38.9 Å². The highest BCUT2D eigenvalue weighted by Gasteiger charge is 2.52. The lowest BCUT2D eigenvalue weighted by atomic mass is 9.77. The zero-order chi connectivity index (χ0) is 15.8. The second-order valence-corrected chi connectivity index (χ2v) is 6.14. The minimum absolute atomic E-state index is 0.296. The lowest BCUT2D eigenvalue weighted by molar-refractivity contribution is 0.00578. The average Bonchev–Trinajstić information content (AvgIpc) is 2.59. The Kier molecular flexibility index (Phi) is 4.24. The van der Waals surface area contributed by atoms with Crippen LogP contribution < -0.4 is 0 Å². The van der Waals surface area contributed by atoms with E-state index in [4.69, 9.17) is 9.31 Å². The average molecular weight is 296 g/mol.